The van der Waals surface area contributed by atoms with Crippen molar-refractivity contribution < 1.29 is 22.3 Å². The molecular formula is C22H25FN2O4S. The van der Waals surface area contributed by atoms with Crippen molar-refractivity contribution in [3.8, 4) is 11.1 Å². The number of amides is 1. The Hall–Kier alpha value is -2.29. The predicted octanol–water partition coefficient (Wildman–Crippen LogP) is 2.34. The van der Waals surface area contributed by atoms with Gasteiger partial charge in [-0.1, -0.05) is 36.4 Å². The first-order valence-electron chi connectivity index (χ1n) is 10.0. The topological polar surface area (TPSA) is 75.7 Å². The summed E-state index contributed by atoms with van der Waals surface area (Å²) in [5.41, 5.74) is 2.60. The van der Waals surface area contributed by atoms with Crippen LogP contribution in [-0.2, 0) is 26.0 Å². The molecule has 2 aliphatic heterocycles. The minimum Gasteiger partial charge on any atom is -0.368 e. The first-order chi connectivity index (χ1) is 14.3. The molecule has 0 bridgehead atoms. The number of ether oxygens (including phenoxy) is 1. The maximum atomic E-state index is 13.6. The molecule has 0 saturated carbocycles. The number of hydrogen-bond donors (Lipinski definition) is 1. The van der Waals surface area contributed by atoms with Crippen molar-refractivity contribution in [3.05, 3.63) is 59.9 Å². The van der Waals surface area contributed by atoms with Gasteiger partial charge < -0.3 is 9.64 Å². The summed E-state index contributed by atoms with van der Waals surface area (Å²) in [5.74, 6) is -0.381. The Balaban J connectivity index is 1.59. The van der Waals surface area contributed by atoms with Crippen LogP contribution in [0, 0.1) is 5.82 Å². The van der Waals surface area contributed by atoms with Gasteiger partial charge in [0.05, 0.1) is 18.9 Å². The third kappa shape index (κ3) is 4.71. The minimum atomic E-state index is -3.41. The van der Waals surface area contributed by atoms with Crippen molar-refractivity contribution in [3.63, 3.8) is 0 Å². The lowest BCUT2D eigenvalue weighted by Crippen LogP contribution is -2.52. The lowest BCUT2D eigenvalue weighted by molar-refractivity contribution is -0.157. The van der Waals surface area contributed by atoms with E-state index in [9.17, 15) is 17.6 Å². The lowest BCUT2D eigenvalue weighted by Gasteiger charge is -2.34. The molecule has 3 atom stereocenters. The molecule has 160 valence electrons. The first-order valence-corrected chi connectivity index (χ1v) is 11.9. The number of nitrogens with zero attached hydrogens (tertiary/aromatic N) is 1. The maximum absolute atomic E-state index is 13.6. The number of hydrogen-bond acceptors (Lipinski definition) is 4. The number of sulfonamides is 1. The fraction of sp³-hybridized carbons (Fsp3) is 0.409. The highest BCUT2D eigenvalue weighted by Gasteiger charge is 2.42. The van der Waals surface area contributed by atoms with E-state index in [2.05, 4.69) is 4.72 Å². The average molecular weight is 433 g/mol. The second kappa shape index (κ2) is 8.45. The summed E-state index contributed by atoms with van der Waals surface area (Å²) >= 11 is 0. The lowest BCUT2D eigenvalue weighted by atomic mass is 9.96. The van der Waals surface area contributed by atoms with Gasteiger partial charge in [-0.15, -0.1) is 0 Å². The third-order valence-electron chi connectivity index (χ3n) is 5.70. The van der Waals surface area contributed by atoms with Crippen molar-refractivity contribution in [2.45, 2.75) is 37.5 Å². The smallest absolute Gasteiger partial charge is 0.252 e. The molecule has 8 heteroatoms. The van der Waals surface area contributed by atoms with Gasteiger partial charge in [0.25, 0.3) is 5.91 Å². The quantitative estimate of drug-likeness (QED) is 0.760. The molecule has 2 aromatic carbocycles. The highest BCUT2D eigenvalue weighted by Crippen LogP contribution is 2.28. The fourth-order valence-corrected chi connectivity index (χ4v) is 5.02. The van der Waals surface area contributed by atoms with Crippen molar-refractivity contribution in [1.82, 2.24) is 9.62 Å². The van der Waals surface area contributed by atoms with Crippen LogP contribution in [-0.4, -0.2) is 56.8 Å². The Morgan fingerprint density at radius 1 is 1.17 bits per heavy atom. The summed E-state index contributed by atoms with van der Waals surface area (Å²) in [6.45, 7) is 1.07. The van der Waals surface area contributed by atoms with Gasteiger partial charge in [-0.3, -0.25) is 4.79 Å². The van der Waals surface area contributed by atoms with E-state index < -0.39 is 16.1 Å². The molecule has 30 heavy (non-hydrogen) atoms. The van der Waals surface area contributed by atoms with Gasteiger partial charge in [-0.2, -0.15) is 0 Å². The van der Waals surface area contributed by atoms with Gasteiger partial charge in [-0.05, 0) is 41.7 Å². The average Bonchev–Trinajstić information content (AvgIpc) is 3.01. The normalized spacial score (nSPS) is 23.9. The molecule has 2 unspecified atom stereocenters. The van der Waals surface area contributed by atoms with E-state index in [0.717, 1.165) is 22.9 Å². The molecule has 2 fully saturated rings. The van der Waals surface area contributed by atoms with Crippen LogP contribution in [0.25, 0.3) is 11.1 Å². The summed E-state index contributed by atoms with van der Waals surface area (Å²) < 4.78 is 45.4. The Labute approximate surface area is 176 Å². The van der Waals surface area contributed by atoms with Crippen LogP contribution < -0.4 is 4.72 Å². The SMILES string of the molecule is CS(=O)(=O)NC1CCN(C(=O)C2CCO2)[C@H]1Cc1cccc(-c2cccc(F)c2)c1. The molecule has 0 aromatic heterocycles. The highest BCUT2D eigenvalue weighted by molar-refractivity contribution is 7.88. The van der Waals surface area contributed by atoms with Gasteiger partial charge in [0.2, 0.25) is 10.0 Å². The van der Waals surface area contributed by atoms with E-state index >= 15 is 0 Å². The monoisotopic (exact) mass is 432 g/mol. The number of carbonyl (C=O) groups is 1. The van der Waals surface area contributed by atoms with E-state index in [1.807, 2.05) is 30.3 Å². The fourth-order valence-electron chi connectivity index (χ4n) is 4.19. The molecule has 0 spiro atoms. The first kappa shape index (κ1) is 21.0. The van der Waals surface area contributed by atoms with Crippen LogP contribution >= 0.6 is 0 Å². The molecule has 0 radical (unpaired) electrons. The number of benzene rings is 2. The molecule has 2 aromatic rings. The van der Waals surface area contributed by atoms with Gasteiger partial charge in [0.15, 0.2) is 0 Å². The Bertz CT molecular complexity index is 1040. The van der Waals surface area contributed by atoms with E-state index in [1.165, 1.54) is 12.1 Å². The van der Waals surface area contributed by atoms with Gasteiger partial charge >= 0.3 is 0 Å². The van der Waals surface area contributed by atoms with E-state index in [1.54, 1.807) is 11.0 Å². The predicted molar refractivity (Wildman–Crippen MR) is 112 cm³/mol. The van der Waals surface area contributed by atoms with Crippen LogP contribution in [0.1, 0.15) is 18.4 Å². The van der Waals surface area contributed by atoms with E-state index in [4.69, 9.17) is 4.74 Å². The van der Waals surface area contributed by atoms with Crippen molar-refractivity contribution >= 4 is 15.9 Å². The molecule has 6 nitrogen and oxygen atoms in total. The minimum absolute atomic E-state index is 0.0784. The van der Waals surface area contributed by atoms with Crippen LogP contribution in [0.15, 0.2) is 48.5 Å². The summed E-state index contributed by atoms with van der Waals surface area (Å²) in [4.78, 5) is 14.6. The largest absolute Gasteiger partial charge is 0.368 e. The Morgan fingerprint density at radius 2 is 1.87 bits per heavy atom. The zero-order chi connectivity index (χ0) is 21.3. The zero-order valence-electron chi connectivity index (χ0n) is 16.8. The summed E-state index contributed by atoms with van der Waals surface area (Å²) in [7, 11) is -3.41. The van der Waals surface area contributed by atoms with Crippen molar-refractivity contribution in [2.75, 3.05) is 19.4 Å². The number of rotatable bonds is 6. The second-order valence-corrected chi connectivity index (χ2v) is 9.73. The number of nitrogens with one attached hydrogen (secondary N) is 1. The number of carbonyl (C=O) groups excluding carboxylic acids is 1. The summed E-state index contributed by atoms with van der Waals surface area (Å²) in [5, 5.41) is 0. The third-order valence-corrected chi connectivity index (χ3v) is 6.43. The molecule has 2 aliphatic rings. The Kier molecular flexibility index (Phi) is 5.90. The number of likely N-dealkylation sites (tertiary alicyclic amines) is 1. The molecular weight excluding hydrogens is 407 g/mol. The van der Waals surface area contributed by atoms with Crippen molar-refractivity contribution in [2.24, 2.45) is 0 Å². The summed E-state index contributed by atoms with van der Waals surface area (Å²) in [6, 6.07) is 13.4. The second-order valence-electron chi connectivity index (χ2n) is 7.95. The number of halogens is 1. The standard InChI is InChI=1S/C22H25FN2O4S/c1-30(27,28)24-19-8-10-25(22(26)21-9-11-29-21)20(19)13-15-4-2-5-16(12-15)17-6-3-7-18(23)14-17/h2-7,12,14,19-21,24H,8-11,13H2,1H3/t19?,20-,21?/m0/s1. The van der Waals surface area contributed by atoms with Gasteiger partial charge in [0.1, 0.15) is 11.9 Å². The Morgan fingerprint density at radius 3 is 2.50 bits per heavy atom. The van der Waals surface area contributed by atoms with E-state index in [-0.39, 0.29) is 23.8 Å². The molecule has 4 rings (SSSR count). The van der Waals surface area contributed by atoms with Crippen LogP contribution in [0.3, 0.4) is 0 Å². The molecule has 0 aliphatic carbocycles. The van der Waals surface area contributed by atoms with Gasteiger partial charge in [-0.25, -0.2) is 17.5 Å². The highest BCUT2D eigenvalue weighted by atomic mass is 32.2. The molecule has 2 saturated heterocycles. The molecule has 1 amide bonds. The zero-order valence-corrected chi connectivity index (χ0v) is 17.6. The van der Waals surface area contributed by atoms with Crippen LogP contribution in [0.5, 0.6) is 0 Å². The molecule has 2 heterocycles. The maximum Gasteiger partial charge on any atom is 0.252 e. The van der Waals surface area contributed by atoms with Crippen molar-refractivity contribution in [1.29, 1.82) is 0 Å². The van der Waals surface area contributed by atoms with Gasteiger partial charge in [0, 0.05) is 19.0 Å². The summed E-state index contributed by atoms with van der Waals surface area (Å²) in [6.07, 6.45) is 2.45. The van der Waals surface area contributed by atoms with E-state index in [0.29, 0.717) is 32.4 Å². The van der Waals surface area contributed by atoms with Crippen LogP contribution in [0.4, 0.5) is 4.39 Å². The van der Waals surface area contributed by atoms with Crippen LogP contribution in [0.2, 0.25) is 0 Å². The molecule has 1 N–H and O–H groups in total.